The molecule has 210 valence electrons. The van der Waals surface area contributed by atoms with Crippen molar-refractivity contribution in [3.05, 3.63) is 102 Å². The Bertz CT molecular complexity index is 1540. The molecule has 2 aliphatic heterocycles. The summed E-state index contributed by atoms with van der Waals surface area (Å²) in [5, 5.41) is 7.48. The molecule has 1 N–H and O–H groups in total. The van der Waals surface area contributed by atoms with Crippen molar-refractivity contribution in [3.63, 3.8) is 0 Å². The van der Waals surface area contributed by atoms with Crippen molar-refractivity contribution in [1.82, 2.24) is 15.1 Å². The lowest BCUT2D eigenvalue weighted by Gasteiger charge is -2.23. The van der Waals surface area contributed by atoms with Crippen LogP contribution in [0.3, 0.4) is 0 Å². The highest BCUT2D eigenvalue weighted by molar-refractivity contribution is 8.00. The number of carbonyl (C=O) groups excluding carboxylic acids is 2. The lowest BCUT2D eigenvalue weighted by Crippen LogP contribution is -2.44. The summed E-state index contributed by atoms with van der Waals surface area (Å²) < 4.78 is 35.1. The van der Waals surface area contributed by atoms with E-state index in [1.54, 1.807) is 28.9 Å². The number of ether oxygens (including phenoxy) is 1. The van der Waals surface area contributed by atoms with Crippen molar-refractivity contribution in [2.75, 3.05) is 30.3 Å². The molecule has 1 saturated heterocycles. The molecule has 0 saturated carbocycles. The van der Waals surface area contributed by atoms with Gasteiger partial charge < -0.3 is 10.1 Å². The molecule has 0 radical (unpaired) electrons. The zero-order valence-electron chi connectivity index (χ0n) is 22.1. The first kappa shape index (κ1) is 27.2. The fraction of sp³-hybridized carbons (Fsp3) is 0.258. The third kappa shape index (κ3) is 5.75. The Morgan fingerprint density at radius 3 is 2.39 bits per heavy atom. The molecule has 1 aromatic heterocycles. The molecule has 2 unspecified atom stereocenters. The van der Waals surface area contributed by atoms with Crippen LogP contribution in [-0.4, -0.2) is 53.1 Å². The smallest absolute Gasteiger partial charge is 0.240 e. The normalized spacial score (nSPS) is 18.7. The van der Waals surface area contributed by atoms with E-state index in [4.69, 9.17) is 9.84 Å². The van der Waals surface area contributed by atoms with E-state index in [2.05, 4.69) is 5.32 Å². The standard InChI is InChI=1S/C31H28F2N4O3S/c32-22-10-8-21(9-11-22)30-28-29(20-5-2-1-3-6-20)35-37(24-14-12-23(33)13-15-24)31(28)36(27(39)19-41-30)18-26(38)34-17-25-7-4-16-40-25/h1-3,5-6,8-15,25,30H,4,7,16-19H2,(H,34,38). The van der Waals surface area contributed by atoms with Gasteiger partial charge in [0.05, 0.1) is 28.5 Å². The van der Waals surface area contributed by atoms with Crippen LogP contribution in [0.5, 0.6) is 0 Å². The van der Waals surface area contributed by atoms with Crippen LogP contribution < -0.4 is 10.2 Å². The van der Waals surface area contributed by atoms with Crippen molar-refractivity contribution in [2.45, 2.75) is 24.2 Å². The number of aromatic nitrogens is 2. The number of rotatable bonds is 7. The number of nitrogens with one attached hydrogen (secondary N) is 1. The average molecular weight is 575 g/mol. The minimum absolute atomic E-state index is 0.0396. The Labute approximate surface area is 240 Å². The second kappa shape index (κ2) is 11.8. The average Bonchev–Trinajstić information content (AvgIpc) is 3.62. The van der Waals surface area contributed by atoms with E-state index in [9.17, 15) is 18.4 Å². The summed E-state index contributed by atoms with van der Waals surface area (Å²) >= 11 is 1.40. The van der Waals surface area contributed by atoms with Crippen LogP contribution >= 0.6 is 11.8 Å². The summed E-state index contributed by atoms with van der Waals surface area (Å²) in [6, 6.07) is 21.6. The summed E-state index contributed by atoms with van der Waals surface area (Å²) in [4.78, 5) is 28.4. The van der Waals surface area contributed by atoms with E-state index in [1.165, 1.54) is 40.9 Å². The maximum Gasteiger partial charge on any atom is 0.240 e. The van der Waals surface area contributed by atoms with E-state index < -0.39 is 5.82 Å². The molecule has 7 nitrogen and oxygen atoms in total. The Balaban J connectivity index is 1.51. The van der Waals surface area contributed by atoms with Crippen LogP contribution in [-0.2, 0) is 14.3 Å². The topological polar surface area (TPSA) is 76.5 Å². The molecule has 3 aromatic carbocycles. The maximum atomic E-state index is 13.9. The van der Waals surface area contributed by atoms with Crippen LogP contribution in [0.2, 0.25) is 0 Å². The van der Waals surface area contributed by atoms with Gasteiger partial charge in [0.25, 0.3) is 0 Å². The van der Waals surface area contributed by atoms with Gasteiger partial charge in [0.15, 0.2) is 0 Å². The predicted molar refractivity (Wildman–Crippen MR) is 154 cm³/mol. The first-order chi connectivity index (χ1) is 20.0. The highest BCUT2D eigenvalue weighted by Crippen LogP contribution is 2.48. The molecule has 3 heterocycles. The molecule has 41 heavy (non-hydrogen) atoms. The second-order valence-corrected chi connectivity index (χ2v) is 11.1. The van der Waals surface area contributed by atoms with Gasteiger partial charge in [0.1, 0.15) is 24.0 Å². The number of benzene rings is 3. The van der Waals surface area contributed by atoms with Crippen LogP contribution in [0.4, 0.5) is 14.6 Å². The number of amides is 2. The number of hydrogen-bond acceptors (Lipinski definition) is 5. The van der Waals surface area contributed by atoms with E-state index in [0.29, 0.717) is 30.4 Å². The predicted octanol–water partition coefficient (Wildman–Crippen LogP) is 5.28. The van der Waals surface area contributed by atoms with Gasteiger partial charge in [-0.3, -0.25) is 14.5 Å². The third-order valence-corrected chi connectivity index (χ3v) is 8.49. The van der Waals surface area contributed by atoms with Crippen LogP contribution in [0.15, 0.2) is 78.9 Å². The number of nitrogens with zero attached hydrogens (tertiary/aromatic N) is 3. The lowest BCUT2D eigenvalue weighted by molar-refractivity contribution is -0.123. The van der Waals surface area contributed by atoms with Crippen LogP contribution in [0, 0.1) is 11.6 Å². The Kier molecular flexibility index (Phi) is 7.84. The summed E-state index contributed by atoms with van der Waals surface area (Å²) in [6.45, 7) is 0.819. The molecule has 2 atom stereocenters. The van der Waals surface area contributed by atoms with Gasteiger partial charge in [0, 0.05) is 24.3 Å². The highest BCUT2D eigenvalue weighted by atomic mass is 32.2. The lowest BCUT2D eigenvalue weighted by atomic mass is 9.99. The van der Waals surface area contributed by atoms with Crippen molar-refractivity contribution in [1.29, 1.82) is 0 Å². The quantitative estimate of drug-likeness (QED) is 0.325. The number of hydrogen-bond donors (Lipinski definition) is 1. The molecular formula is C31H28F2N4O3S. The van der Waals surface area contributed by atoms with Crippen LogP contribution in [0.25, 0.3) is 16.9 Å². The third-order valence-electron chi connectivity index (χ3n) is 7.23. The molecule has 10 heteroatoms. The van der Waals surface area contributed by atoms with Gasteiger partial charge in [-0.15, -0.1) is 11.8 Å². The summed E-state index contributed by atoms with van der Waals surface area (Å²) in [5.41, 5.74) is 3.48. The number of halogens is 2. The van der Waals surface area contributed by atoms with Crippen molar-refractivity contribution >= 4 is 29.4 Å². The van der Waals surface area contributed by atoms with Crippen LogP contribution in [0.1, 0.15) is 29.2 Å². The van der Waals surface area contributed by atoms with Gasteiger partial charge in [-0.05, 0) is 54.8 Å². The SMILES string of the molecule is O=C(CN1C(=O)CSC(c2ccc(F)cc2)c2c(-c3ccccc3)nn(-c3ccc(F)cc3)c21)NCC1CCCO1. The molecular weight excluding hydrogens is 546 g/mol. The summed E-state index contributed by atoms with van der Waals surface area (Å²) in [5.74, 6) is -0.843. The van der Waals surface area contributed by atoms with Gasteiger partial charge in [0.2, 0.25) is 11.8 Å². The molecule has 0 spiro atoms. The van der Waals surface area contributed by atoms with Gasteiger partial charge in [-0.2, -0.15) is 5.10 Å². The number of fused-ring (bicyclic) bond motifs is 1. The maximum absolute atomic E-state index is 13.9. The van der Waals surface area contributed by atoms with E-state index in [-0.39, 0.29) is 41.3 Å². The first-order valence-electron chi connectivity index (χ1n) is 13.5. The Morgan fingerprint density at radius 2 is 1.71 bits per heavy atom. The van der Waals surface area contributed by atoms with E-state index in [0.717, 1.165) is 29.5 Å². The monoisotopic (exact) mass is 574 g/mol. The molecule has 6 rings (SSSR count). The molecule has 4 aromatic rings. The molecule has 2 aliphatic rings. The van der Waals surface area contributed by atoms with Crippen molar-refractivity contribution in [2.24, 2.45) is 0 Å². The Morgan fingerprint density at radius 1 is 1.00 bits per heavy atom. The van der Waals surface area contributed by atoms with Gasteiger partial charge in [-0.25, -0.2) is 13.5 Å². The minimum Gasteiger partial charge on any atom is -0.376 e. The Hall–Kier alpha value is -4.02. The zero-order chi connectivity index (χ0) is 28.3. The fourth-order valence-corrected chi connectivity index (χ4v) is 6.42. The van der Waals surface area contributed by atoms with Crippen molar-refractivity contribution in [3.8, 4) is 16.9 Å². The van der Waals surface area contributed by atoms with Gasteiger partial charge in [-0.1, -0.05) is 42.5 Å². The molecule has 2 amide bonds. The first-order valence-corrected chi connectivity index (χ1v) is 14.5. The fourth-order valence-electron chi connectivity index (χ4n) is 5.22. The highest BCUT2D eigenvalue weighted by Gasteiger charge is 2.37. The number of anilines is 1. The van der Waals surface area contributed by atoms with Gasteiger partial charge >= 0.3 is 0 Å². The zero-order valence-corrected chi connectivity index (χ0v) is 22.9. The molecule has 0 aliphatic carbocycles. The summed E-state index contributed by atoms with van der Waals surface area (Å²) in [6.07, 6.45) is 1.79. The number of thioether (sulfide) groups is 1. The summed E-state index contributed by atoms with van der Waals surface area (Å²) in [7, 11) is 0. The minimum atomic E-state index is -0.406. The molecule has 0 bridgehead atoms. The molecule has 1 fully saturated rings. The number of carbonyl (C=O) groups is 2. The van der Waals surface area contributed by atoms with Crippen molar-refractivity contribution < 1.29 is 23.1 Å². The largest absolute Gasteiger partial charge is 0.376 e. The van der Waals surface area contributed by atoms with E-state index >= 15 is 0 Å². The second-order valence-electron chi connectivity index (χ2n) is 10.0. The van der Waals surface area contributed by atoms with E-state index in [1.807, 2.05) is 30.3 Å².